The fraction of sp³-hybridized carbons (Fsp3) is 0.0435. The van der Waals surface area contributed by atoms with E-state index in [1.54, 1.807) is 36.4 Å². The summed E-state index contributed by atoms with van der Waals surface area (Å²) in [5.74, 6) is -0.115. The molecule has 0 radical (unpaired) electrons. The largest absolute Gasteiger partial charge is 0.489 e. The summed E-state index contributed by atoms with van der Waals surface area (Å²) >= 11 is 12.0. The van der Waals surface area contributed by atoms with Gasteiger partial charge in [0.15, 0.2) is 5.70 Å². The van der Waals surface area contributed by atoms with Crippen LogP contribution in [0.1, 0.15) is 16.7 Å². The van der Waals surface area contributed by atoms with Crippen molar-refractivity contribution in [1.82, 2.24) is 0 Å². The fourth-order valence-electron chi connectivity index (χ4n) is 2.95. The molecule has 160 valence electrons. The maximum atomic E-state index is 12.3. The minimum atomic E-state index is -0.667. The molecule has 0 amide bonds. The Hall–Kier alpha value is -3.68. The lowest BCUT2D eigenvalue weighted by Crippen LogP contribution is -2.06. The number of aliphatic imine (C=N–C) groups is 1. The molecule has 0 fully saturated rings. The molecule has 0 unspecified atom stereocenters. The number of nitro groups is 1. The molecule has 0 spiro atoms. The first kappa shape index (κ1) is 21.5. The van der Waals surface area contributed by atoms with E-state index in [0.717, 1.165) is 5.56 Å². The van der Waals surface area contributed by atoms with Crippen molar-refractivity contribution in [2.75, 3.05) is 0 Å². The third-order valence-electron chi connectivity index (χ3n) is 4.52. The molecule has 4 rings (SSSR count). The van der Waals surface area contributed by atoms with Crippen LogP contribution in [0.25, 0.3) is 6.08 Å². The summed E-state index contributed by atoms with van der Waals surface area (Å²) in [5, 5.41) is 11.7. The average molecular weight is 469 g/mol. The van der Waals surface area contributed by atoms with Crippen molar-refractivity contribution in [3.05, 3.63) is 109 Å². The van der Waals surface area contributed by atoms with E-state index in [-0.39, 0.29) is 27.9 Å². The number of hydrogen-bond acceptors (Lipinski definition) is 6. The number of esters is 1. The van der Waals surface area contributed by atoms with Crippen LogP contribution < -0.4 is 4.74 Å². The molecule has 0 bridgehead atoms. The van der Waals surface area contributed by atoms with E-state index in [1.807, 2.05) is 18.2 Å². The molecule has 7 nitrogen and oxygen atoms in total. The second-order valence-electron chi connectivity index (χ2n) is 6.71. The maximum Gasteiger partial charge on any atom is 0.363 e. The molecule has 1 heterocycles. The van der Waals surface area contributed by atoms with E-state index in [1.165, 1.54) is 18.2 Å². The first-order valence-corrected chi connectivity index (χ1v) is 10.1. The number of nitro benzene ring substituents is 1. The second kappa shape index (κ2) is 9.21. The van der Waals surface area contributed by atoms with Gasteiger partial charge in [0.2, 0.25) is 5.90 Å². The topological polar surface area (TPSA) is 91.0 Å². The van der Waals surface area contributed by atoms with Crippen molar-refractivity contribution in [3.63, 3.8) is 0 Å². The van der Waals surface area contributed by atoms with Crippen molar-refractivity contribution in [3.8, 4) is 5.75 Å². The SMILES string of the molecule is O=C1OC(c2ccc(Cl)c([N+](=O)[O-])c2)=N/C1=C\c1cccc(OCc2ccccc2Cl)c1. The summed E-state index contributed by atoms with van der Waals surface area (Å²) in [5.41, 5.74) is 1.54. The normalized spacial score (nSPS) is 14.2. The standard InChI is InChI=1S/C23H14Cl2N2O5/c24-18-7-2-1-5-16(18)13-31-17-6-3-4-14(10-17)11-20-23(28)32-22(26-20)15-8-9-19(25)21(12-15)27(29)30/h1-12H,13H2/b20-11-. The van der Waals surface area contributed by atoms with E-state index in [4.69, 9.17) is 32.7 Å². The zero-order valence-corrected chi connectivity index (χ0v) is 17.8. The minimum absolute atomic E-state index is 0.0203. The van der Waals surface area contributed by atoms with Crippen LogP contribution >= 0.6 is 23.2 Å². The van der Waals surface area contributed by atoms with Crippen molar-refractivity contribution < 1.29 is 19.2 Å². The minimum Gasteiger partial charge on any atom is -0.489 e. The Kier molecular flexibility index (Phi) is 6.20. The summed E-state index contributed by atoms with van der Waals surface area (Å²) in [4.78, 5) is 26.9. The number of carbonyl (C=O) groups excluding carboxylic acids is 1. The highest BCUT2D eigenvalue weighted by atomic mass is 35.5. The van der Waals surface area contributed by atoms with Crippen LogP contribution in [0.5, 0.6) is 5.75 Å². The molecule has 9 heteroatoms. The van der Waals surface area contributed by atoms with Crippen molar-refractivity contribution >= 4 is 46.8 Å². The predicted molar refractivity (Wildman–Crippen MR) is 121 cm³/mol. The molecule has 1 aliphatic heterocycles. The van der Waals surface area contributed by atoms with Crippen LogP contribution in [0.3, 0.4) is 0 Å². The zero-order chi connectivity index (χ0) is 22.7. The first-order chi connectivity index (χ1) is 15.4. The number of cyclic esters (lactones) is 1. The van der Waals surface area contributed by atoms with E-state index < -0.39 is 10.9 Å². The lowest BCUT2D eigenvalue weighted by Gasteiger charge is -2.08. The van der Waals surface area contributed by atoms with Gasteiger partial charge in [-0.3, -0.25) is 10.1 Å². The summed E-state index contributed by atoms with van der Waals surface area (Å²) in [6, 6.07) is 18.5. The van der Waals surface area contributed by atoms with Gasteiger partial charge >= 0.3 is 5.97 Å². The molecule has 0 saturated carbocycles. The second-order valence-corrected chi connectivity index (χ2v) is 7.53. The number of benzene rings is 3. The molecule has 0 saturated heterocycles. The van der Waals surface area contributed by atoms with Crippen LogP contribution in [0.2, 0.25) is 10.0 Å². The monoisotopic (exact) mass is 468 g/mol. The molecular weight excluding hydrogens is 455 g/mol. The lowest BCUT2D eigenvalue weighted by molar-refractivity contribution is -0.384. The fourth-order valence-corrected chi connectivity index (χ4v) is 3.32. The number of nitrogens with zero attached hydrogens (tertiary/aromatic N) is 2. The van der Waals surface area contributed by atoms with Crippen LogP contribution in [-0.4, -0.2) is 16.8 Å². The quantitative estimate of drug-likeness (QED) is 0.196. The van der Waals surface area contributed by atoms with Gasteiger partial charge in [-0.2, -0.15) is 0 Å². The third-order valence-corrected chi connectivity index (χ3v) is 5.21. The summed E-state index contributed by atoms with van der Waals surface area (Å²) in [7, 11) is 0. The number of carbonyl (C=O) groups is 1. The first-order valence-electron chi connectivity index (χ1n) is 9.34. The Bertz CT molecular complexity index is 1290. The number of rotatable bonds is 6. The number of ether oxygens (including phenoxy) is 2. The van der Waals surface area contributed by atoms with Gasteiger partial charge in [-0.05, 0) is 42.0 Å². The molecule has 0 N–H and O–H groups in total. The Morgan fingerprint density at radius 1 is 1.03 bits per heavy atom. The molecule has 0 aromatic heterocycles. The molecule has 0 aliphatic carbocycles. The van der Waals surface area contributed by atoms with Gasteiger partial charge in [-0.25, -0.2) is 9.79 Å². The van der Waals surface area contributed by atoms with Crippen LogP contribution in [-0.2, 0) is 16.1 Å². The van der Waals surface area contributed by atoms with Gasteiger partial charge in [0, 0.05) is 22.2 Å². The van der Waals surface area contributed by atoms with Crippen molar-refractivity contribution in [1.29, 1.82) is 0 Å². The van der Waals surface area contributed by atoms with Crippen molar-refractivity contribution in [2.45, 2.75) is 6.61 Å². The average Bonchev–Trinajstić information content (AvgIpc) is 3.13. The summed E-state index contributed by atoms with van der Waals surface area (Å²) < 4.78 is 11.0. The third kappa shape index (κ3) is 4.80. The highest BCUT2D eigenvalue weighted by Crippen LogP contribution is 2.28. The van der Waals surface area contributed by atoms with Gasteiger partial charge in [0.1, 0.15) is 17.4 Å². The highest BCUT2D eigenvalue weighted by Gasteiger charge is 2.26. The van der Waals surface area contributed by atoms with Crippen molar-refractivity contribution in [2.24, 2.45) is 4.99 Å². The highest BCUT2D eigenvalue weighted by molar-refractivity contribution is 6.33. The molecular formula is C23H14Cl2N2O5. The molecule has 1 aliphatic rings. The zero-order valence-electron chi connectivity index (χ0n) is 16.3. The Morgan fingerprint density at radius 2 is 1.84 bits per heavy atom. The van der Waals surface area contributed by atoms with E-state index in [9.17, 15) is 14.9 Å². The van der Waals surface area contributed by atoms with Gasteiger partial charge < -0.3 is 9.47 Å². The van der Waals surface area contributed by atoms with E-state index in [0.29, 0.717) is 22.9 Å². The van der Waals surface area contributed by atoms with E-state index >= 15 is 0 Å². The summed E-state index contributed by atoms with van der Waals surface area (Å²) in [6.07, 6.45) is 1.54. The molecule has 0 atom stereocenters. The Morgan fingerprint density at radius 3 is 2.62 bits per heavy atom. The van der Waals surface area contributed by atoms with Gasteiger partial charge in [-0.1, -0.05) is 53.5 Å². The van der Waals surface area contributed by atoms with Crippen LogP contribution in [0, 0.1) is 10.1 Å². The Balaban J connectivity index is 1.55. The predicted octanol–water partition coefficient (Wildman–Crippen LogP) is 5.83. The van der Waals surface area contributed by atoms with Crippen LogP contribution in [0.4, 0.5) is 5.69 Å². The van der Waals surface area contributed by atoms with E-state index in [2.05, 4.69) is 4.99 Å². The molecule has 32 heavy (non-hydrogen) atoms. The molecule has 3 aromatic carbocycles. The summed E-state index contributed by atoms with van der Waals surface area (Å²) in [6.45, 7) is 0.291. The molecule has 3 aromatic rings. The Labute approximate surface area is 192 Å². The van der Waals surface area contributed by atoms with Crippen LogP contribution in [0.15, 0.2) is 77.4 Å². The maximum absolute atomic E-state index is 12.3. The van der Waals surface area contributed by atoms with Gasteiger partial charge in [0.25, 0.3) is 5.69 Å². The number of hydrogen-bond donors (Lipinski definition) is 0. The smallest absolute Gasteiger partial charge is 0.363 e. The lowest BCUT2D eigenvalue weighted by atomic mass is 10.2. The van der Waals surface area contributed by atoms with Gasteiger partial charge in [0.05, 0.1) is 4.92 Å². The van der Waals surface area contributed by atoms with Gasteiger partial charge in [-0.15, -0.1) is 0 Å². The number of halogens is 2.